The molecule has 3 unspecified atom stereocenters. The Morgan fingerprint density at radius 1 is 1.43 bits per heavy atom. The summed E-state index contributed by atoms with van der Waals surface area (Å²) in [7, 11) is 6.11. The van der Waals surface area contributed by atoms with Crippen molar-refractivity contribution in [2.75, 3.05) is 21.1 Å². The predicted molar refractivity (Wildman–Crippen MR) is 60.1 cm³/mol. The van der Waals surface area contributed by atoms with E-state index in [0.29, 0.717) is 18.2 Å². The number of rotatable bonds is 3. The average molecular weight is 198 g/mol. The van der Waals surface area contributed by atoms with Crippen molar-refractivity contribution in [3.63, 3.8) is 0 Å². The molecule has 0 spiro atoms. The van der Waals surface area contributed by atoms with E-state index in [1.807, 2.05) is 13.3 Å². The van der Waals surface area contributed by atoms with Crippen LogP contribution in [0.4, 0.5) is 0 Å². The topological polar surface area (TPSA) is 24.8 Å². The second-order valence-electron chi connectivity index (χ2n) is 4.33. The molecule has 1 rings (SSSR count). The molecule has 0 bridgehead atoms. The van der Waals surface area contributed by atoms with Crippen molar-refractivity contribution in [2.24, 2.45) is 4.99 Å². The minimum absolute atomic E-state index is 0.356. The Bertz CT molecular complexity index is 192. The number of hydrogen-bond acceptors (Lipinski definition) is 3. The van der Waals surface area contributed by atoms with Gasteiger partial charge < -0.3 is 14.6 Å². The molecule has 1 saturated heterocycles. The van der Waals surface area contributed by atoms with Gasteiger partial charge in [0.25, 0.3) is 0 Å². The molecule has 0 N–H and O–H groups in total. The molecule has 0 aromatic heterocycles. The standard InChI is InChI=1S/C11H22N2O/c1-9-7-10(13(3)4)8-11(14-9)5-6-12-2/h6,9-11H,5,7-8H2,1-4H3. The quantitative estimate of drug-likeness (QED) is 0.643. The Balaban J connectivity index is 2.45. The third kappa shape index (κ3) is 3.39. The van der Waals surface area contributed by atoms with Gasteiger partial charge in [-0.05, 0) is 33.9 Å². The lowest BCUT2D eigenvalue weighted by Crippen LogP contribution is -2.41. The maximum Gasteiger partial charge on any atom is 0.0642 e. The zero-order valence-corrected chi connectivity index (χ0v) is 9.73. The maximum atomic E-state index is 5.85. The Labute approximate surface area is 87.2 Å². The van der Waals surface area contributed by atoms with Crippen LogP contribution in [0.3, 0.4) is 0 Å². The molecular weight excluding hydrogens is 176 g/mol. The van der Waals surface area contributed by atoms with E-state index in [-0.39, 0.29) is 0 Å². The van der Waals surface area contributed by atoms with Gasteiger partial charge in [-0.2, -0.15) is 0 Å². The molecule has 82 valence electrons. The van der Waals surface area contributed by atoms with Crippen molar-refractivity contribution in [1.29, 1.82) is 0 Å². The van der Waals surface area contributed by atoms with E-state index in [4.69, 9.17) is 4.74 Å². The lowest BCUT2D eigenvalue weighted by molar-refractivity contribution is -0.0627. The van der Waals surface area contributed by atoms with E-state index in [1.165, 1.54) is 0 Å². The van der Waals surface area contributed by atoms with Crippen molar-refractivity contribution < 1.29 is 4.74 Å². The predicted octanol–water partition coefficient (Wildman–Crippen LogP) is 1.57. The van der Waals surface area contributed by atoms with E-state index in [1.54, 1.807) is 0 Å². The summed E-state index contributed by atoms with van der Waals surface area (Å²) in [5.74, 6) is 0. The highest BCUT2D eigenvalue weighted by Crippen LogP contribution is 2.23. The molecule has 0 radical (unpaired) electrons. The fourth-order valence-corrected chi connectivity index (χ4v) is 2.02. The van der Waals surface area contributed by atoms with Crippen molar-refractivity contribution in [2.45, 2.75) is 44.4 Å². The van der Waals surface area contributed by atoms with Crippen LogP contribution in [0.2, 0.25) is 0 Å². The van der Waals surface area contributed by atoms with Crippen LogP contribution in [0.1, 0.15) is 26.2 Å². The first kappa shape index (κ1) is 11.7. The van der Waals surface area contributed by atoms with E-state index >= 15 is 0 Å². The Morgan fingerprint density at radius 2 is 2.14 bits per heavy atom. The SMILES string of the molecule is CN=CCC1CC(N(C)C)CC(C)O1. The summed E-state index contributed by atoms with van der Waals surface area (Å²) in [6.45, 7) is 2.16. The molecule has 1 aliphatic heterocycles. The van der Waals surface area contributed by atoms with Gasteiger partial charge in [-0.3, -0.25) is 0 Å². The second-order valence-corrected chi connectivity index (χ2v) is 4.33. The fourth-order valence-electron chi connectivity index (χ4n) is 2.02. The third-order valence-electron chi connectivity index (χ3n) is 2.84. The minimum Gasteiger partial charge on any atom is -0.375 e. The van der Waals surface area contributed by atoms with E-state index in [0.717, 1.165) is 19.3 Å². The number of aliphatic imine (C=N–C) groups is 1. The van der Waals surface area contributed by atoms with Gasteiger partial charge in [0.2, 0.25) is 0 Å². The van der Waals surface area contributed by atoms with E-state index < -0.39 is 0 Å². The minimum atomic E-state index is 0.356. The smallest absolute Gasteiger partial charge is 0.0642 e. The van der Waals surface area contributed by atoms with Crippen molar-refractivity contribution >= 4 is 6.21 Å². The van der Waals surface area contributed by atoms with Crippen molar-refractivity contribution in [3.8, 4) is 0 Å². The molecule has 0 aliphatic carbocycles. The molecule has 3 heteroatoms. The van der Waals surface area contributed by atoms with Crippen LogP contribution in [0.5, 0.6) is 0 Å². The van der Waals surface area contributed by atoms with Gasteiger partial charge in [0.1, 0.15) is 0 Å². The van der Waals surface area contributed by atoms with Gasteiger partial charge in [0, 0.05) is 25.7 Å². The summed E-state index contributed by atoms with van der Waals surface area (Å²) in [5.41, 5.74) is 0. The molecular formula is C11H22N2O. The van der Waals surface area contributed by atoms with Crippen LogP contribution in [0.15, 0.2) is 4.99 Å². The molecule has 0 aromatic rings. The summed E-state index contributed by atoms with van der Waals surface area (Å²) in [4.78, 5) is 6.31. The molecule has 0 saturated carbocycles. The Morgan fingerprint density at radius 3 is 2.71 bits per heavy atom. The maximum absolute atomic E-state index is 5.85. The number of hydrogen-bond donors (Lipinski definition) is 0. The summed E-state index contributed by atoms with van der Waals surface area (Å²) < 4.78 is 5.85. The molecule has 0 aromatic carbocycles. The lowest BCUT2D eigenvalue weighted by atomic mass is 9.97. The van der Waals surface area contributed by atoms with Crippen LogP contribution in [0.25, 0.3) is 0 Å². The van der Waals surface area contributed by atoms with Gasteiger partial charge in [-0.15, -0.1) is 0 Å². The largest absolute Gasteiger partial charge is 0.375 e. The summed E-state index contributed by atoms with van der Waals surface area (Å²) >= 11 is 0. The summed E-state index contributed by atoms with van der Waals surface area (Å²) in [5, 5.41) is 0. The molecule has 1 aliphatic rings. The van der Waals surface area contributed by atoms with Crippen LogP contribution >= 0.6 is 0 Å². The highest BCUT2D eigenvalue weighted by atomic mass is 16.5. The van der Waals surface area contributed by atoms with Crippen LogP contribution in [-0.4, -0.2) is 50.5 Å². The van der Waals surface area contributed by atoms with Gasteiger partial charge in [0.05, 0.1) is 12.2 Å². The van der Waals surface area contributed by atoms with Crippen LogP contribution in [0, 0.1) is 0 Å². The van der Waals surface area contributed by atoms with Crippen molar-refractivity contribution in [3.05, 3.63) is 0 Å². The summed E-state index contributed by atoms with van der Waals surface area (Å²) in [6, 6.07) is 0.661. The number of nitrogens with zero attached hydrogens (tertiary/aromatic N) is 2. The first-order valence-electron chi connectivity index (χ1n) is 5.36. The molecule has 14 heavy (non-hydrogen) atoms. The zero-order valence-electron chi connectivity index (χ0n) is 9.73. The lowest BCUT2D eigenvalue weighted by Gasteiger charge is -2.36. The van der Waals surface area contributed by atoms with Crippen molar-refractivity contribution in [1.82, 2.24) is 4.90 Å². The zero-order chi connectivity index (χ0) is 10.6. The number of ether oxygens (including phenoxy) is 1. The molecule has 3 nitrogen and oxygen atoms in total. The highest BCUT2D eigenvalue weighted by Gasteiger charge is 2.27. The molecule has 1 fully saturated rings. The molecule has 3 atom stereocenters. The molecule has 0 amide bonds. The summed E-state index contributed by atoms with van der Waals surface area (Å²) in [6.07, 6.45) is 5.91. The highest BCUT2D eigenvalue weighted by molar-refractivity contribution is 5.57. The Kier molecular flexibility index (Phi) is 4.55. The van der Waals surface area contributed by atoms with Gasteiger partial charge in [-0.1, -0.05) is 0 Å². The van der Waals surface area contributed by atoms with Gasteiger partial charge >= 0.3 is 0 Å². The normalized spacial score (nSPS) is 34.2. The average Bonchev–Trinajstić information content (AvgIpc) is 2.14. The first-order valence-corrected chi connectivity index (χ1v) is 5.36. The monoisotopic (exact) mass is 198 g/mol. The second kappa shape index (κ2) is 5.47. The third-order valence-corrected chi connectivity index (χ3v) is 2.84. The van der Waals surface area contributed by atoms with E-state index in [9.17, 15) is 0 Å². The van der Waals surface area contributed by atoms with Gasteiger partial charge in [0.15, 0.2) is 0 Å². The van der Waals surface area contributed by atoms with Gasteiger partial charge in [-0.25, -0.2) is 0 Å². The fraction of sp³-hybridized carbons (Fsp3) is 0.909. The Hall–Kier alpha value is -0.410. The van der Waals surface area contributed by atoms with E-state index in [2.05, 4.69) is 30.9 Å². The molecule has 1 heterocycles. The first-order chi connectivity index (χ1) is 6.63. The van der Waals surface area contributed by atoms with Crippen LogP contribution < -0.4 is 0 Å². The van der Waals surface area contributed by atoms with Crippen LogP contribution in [-0.2, 0) is 4.74 Å².